The van der Waals surface area contributed by atoms with E-state index in [1.165, 1.54) is 25.7 Å². The molecule has 3 rings (SSSR count). The van der Waals surface area contributed by atoms with Crippen molar-refractivity contribution in [2.75, 3.05) is 32.8 Å². The summed E-state index contributed by atoms with van der Waals surface area (Å²) in [4.78, 5) is 14.6. The molecule has 0 amide bonds. The van der Waals surface area contributed by atoms with Gasteiger partial charge in [0.2, 0.25) is 0 Å². The van der Waals surface area contributed by atoms with Crippen LogP contribution in [0.15, 0.2) is 18.2 Å². The fourth-order valence-corrected chi connectivity index (χ4v) is 2.81. The highest BCUT2D eigenvalue weighted by atomic mass is 16.6. The first-order valence-corrected chi connectivity index (χ1v) is 7.48. The summed E-state index contributed by atoms with van der Waals surface area (Å²) in [6.07, 6.45) is 4.98. The van der Waals surface area contributed by atoms with Gasteiger partial charge in [-0.1, -0.05) is 12.8 Å². The Kier molecular flexibility index (Phi) is 4.21. The van der Waals surface area contributed by atoms with E-state index in [2.05, 4.69) is 4.90 Å². The summed E-state index contributed by atoms with van der Waals surface area (Å²) in [7, 11) is 0. The molecule has 20 heavy (non-hydrogen) atoms. The molecule has 4 nitrogen and oxygen atoms in total. The Labute approximate surface area is 119 Å². The summed E-state index contributed by atoms with van der Waals surface area (Å²) in [5.41, 5.74) is 0.721. The monoisotopic (exact) mass is 275 g/mol. The maximum atomic E-state index is 12.4. The van der Waals surface area contributed by atoms with E-state index >= 15 is 0 Å². The molecule has 0 spiro atoms. The molecule has 0 N–H and O–H groups in total. The van der Waals surface area contributed by atoms with Gasteiger partial charge in [0, 0.05) is 5.56 Å². The number of carbonyl (C=O) groups is 1. The van der Waals surface area contributed by atoms with Gasteiger partial charge in [0.05, 0.1) is 6.54 Å². The Morgan fingerprint density at radius 3 is 2.45 bits per heavy atom. The summed E-state index contributed by atoms with van der Waals surface area (Å²) >= 11 is 0. The van der Waals surface area contributed by atoms with Gasteiger partial charge in [0.1, 0.15) is 13.2 Å². The lowest BCUT2D eigenvalue weighted by atomic mass is 10.1. The largest absolute Gasteiger partial charge is 0.486 e. The maximum absolute atomic E-state index is 12.4. The number of ketones is 1. The van der Waals surface area contributed by atoms with Crippen LogP contribution >= 0.6 is 0 Å². The standard InChI is InChI=1S/C16H21NO3/c18-14(12-17-7-3-1-2-4-8-17)13-5-6-15-16(11-13)20-10-9-19-15/h5-6,11H,1-4,7-10,12H2. The molecule has 1 aromatic rings. The molecular formula is C16H21NO3. The molecule has 4 heteroatoms. The zero-order valence-corrected chi connectivity index (χ0v) is 11.8. The van der Waals surface area contributed by atoms with E-state index in [4.69, 9.17) is 9.47 Å². The van der Waals surface area contributed by atoms with Gasteiger partial charge >= 0.3 is 0 Å². The maximum Gasteiger partial charge on any atom is 0.176 e. The third-order valence-corrected chi connectivity index (χ3v) is 3.93. The van der Waals surface area contributed by atoms with Crippen LogP contribution in [0.4, 0.5) is 0 Å². The van der Waals surface area contributed by atoms with E-state index < -0.39 is 0 Å². The first-order chi connectivity index (χ1) is 9.83. The van der Waals surface area contributed by atoms with Crippen molar-refractivity contribution in [1.82, 2.24) is 4.90 Å². The van der Waals surface area contributed by atoms with E-state index in [0.717, 1.165) is 24.4 Å². The third kappa shape index (κ3) is 3.12. The van der Waals surface area contributed by atoms with Crippen LogP contribution in [0.25, 0.3) is 0 Å². The van der Waals surface area contributed by atoms with Crippen LogP contribution in [0.1, 0.15) is 36.0 Å². The van der Waals surface area contributed by atoms with Gasteiger partial charge in [0.15, 0.2) is 17.3 Å². The van der Waals surface area contributed by atoms with Gasteiger partial charge in [0.25, 0.3) is 0 Å². The number of carbonyl (C=O) groups excluding carboxylic acids is 1. The molecular weight excluding hydrogens is 254 g/mol. The number of fused-ring (bicyclic) bond motifs is 1. The molecule has 108 valence electrons. The molecule has 0 unspecified atom stereocenters. The van der Waals surface area contributed by atoms with Gasteiger partial charge < -0.3 is 9.47 Å². The molecule has 1 aromatic carbocycles. The molecule has 1 fully saturated rings. The molecule has 0 atom stereocenters. The summed E-state index contributed by atoms with van der Waals surface area (Å²) in [5, 5.41) is 0. The molecule has 2 heterocycles. The number of benzene rings is 1. The Morgan fingerprint density at radius 1 is 1.00 bits per heavy atom. The highest BCUT2D eigenvalue weighted by Gasteiger charge is 2.17. The molecule has 1 saturated heterocycles. The fraction of sp³-hybridized carbons (Fsp3) is 0.562. The van der Waals surface area contributed by atoms with Crippen molar-refractivity contribution in [2.45, 2.75) is 25.7 Å². The first-order valence-electron chi connectivity index (χ1n) is 7.48. The number of nitrogens with zero attached hydrogens (tertiary/aromatic N) is 1. The first kappa shape index (κ1) is 13.4. The average Bonchev–Trinajstić information content (AvgIpc) is 2.75. The lowest BCUT2D eigenvalue weighted by Gasteiger charge is -2.20. The summed E-state index contributed by atoms with van der Waals surface area (Å²) in [6.45, 7) is 3.72. The Hall–Kier alpha value is -1.55. The van der Waals surface area contributed by atoms with Crippen LogP contribution in [0.3, 0.4) is 0 Å². The molecule has 0 bridgehead atoms. The van der Waals surface area contributed by atoms with Crippen molar-refractivity contribution in [1.29, 1.82) is 0 Å². The second-order valence-corrected chi connectivity index (χ2v) is 5.47. The third-order valence-electron chi connectivity index (χ3n) is 3.93. The summed E-state index contributed by atoms with van der Waals surface area (Å²) in [5.74, 6) is 1.60. The highest BCUT2D eigenvalue weighted by Crippen LogP contribution is 2.30. The topological polar surface area (TPSA) is 38.8 Å². The summed E-state index contributed by atoms with van der Waals surface area (Å²) in [6, 6.07) is 5.49. The zero-order valence-electron chi connectivity index (χ0n) is 11.8. The van der Waals surface area contributed by atoms with Crippen molar-refractivity contribution in [3.8, 4) is 11.5 Å². The van der Waals surface area contributed by atoms with Crippen molar-refractivity contribution >= 4 is 5.78 Å². The van der Waals surface area contributed by atoms with Crippen LogP contribution < -0.4 is 9.47 Å². The average molecular weight is 275 g/mol. The van der Waals surface area contributed by atoms with Crippen molar-refractivity contribution in [3.05, 3.63) is 23.8 Å². The molecule has 0 aromatic heterocycles. The number of ether oxygens (including phenoxy) is 2. The van der Waals surface area contributed by atoms with E-state index in [9.17, 15) is 4.79 Å². The van der Waals surface area contributed by atoms with Crippen LogP contribution in [-0.4, -0.2) is 43.5 Å². The smallest absolute Gasteiger partial charge is 0.176 e. The molecule has 2 aliphatic heterocycles. The predicted molar refractivity (Wildman–Crippen MR) is 76.7 cm³/mol. The highest BCUT2D eigenvalue weighted by molar-refractivity contribution is 5.98. The van der Waals surface area contributed by atoms with E-state index in [1.54, 1.807) is 0 Å². The molecule has 0 saturated carbocycles. The SMILES string of the molecule is O=C(CN1CCCCCC1)c1ccc2c(c1)OCCO2. The second kappa shape index (κ2) is 6.27. The van der Waals surface area contributed by atoms with Crippen molar-refractivity contribution in [2.24, 2.45) is 0 Å². The number of Topliss-reactive ketones (excluding diaryl/α,β-unsaturated/α-hetero) is 1. The van der Waals surface area contributed by atoms with Crippen LogP contribution in [-0.2, 0) is 0 Å². The molecule has 0 aliphatic carbocycles. The van der Waals surface area contributed by atoms with Gasteiger partial charge in [-0.2, -0.15) is 0 Å². The number of hydrogen-bond donors (Lipinski definition) is 0. The van der Waals surface area contributed by atoms with Crippen LogP contribution in [0.2, 0.25) is 0 Å². The van der Waals surface area contributed by atoms with Gasteiger partial charge in [-0.3, -0.25) is 9.69 Å². The lowest BCUT2D eigenvalue weighted by molar-refractivity contribution is 0.0932. The van der Waals surface area contributed by atoms with Gasteiger partial charge in [-0.25, -0.2) is 0 Å². The van der Waals surface area contributed by atoms with Crippen LogP contribution in [0.5, 0.6) is 11.5 Å². The van der Waals surface area contributed by atoms with Crippen molar-refractivity contribution in [3.63, 3.8) is 0 Å². The Morgan fingerprint density at radius 2 is 1.70 bits per heavy atom. The van der Waals surface area contributed by atoms with E-state index in [-0.39, 0.29) is 5.78 Å². The number of rotatable bonds is 3. The lowest BCUT2D eigenvalue weighted by Crippen LogP contribution is -2.30. The minimum Gasteiger partial charge on any atom is -0.486 e. The number of likely N-dealkylation sites (tertiary alicyclic amines) is 1. The normalized spacial score (nSPS) is 19.4. The minimum absolute atomic E-state index is 0.170. The summed E-state index contributed by atoms with van der Waals surface area (Å²) < 4.78 is 11.0. The van der Waals surface area contributed by atoms with Gasteiger partial charge in [-0.05, 0) is 44.1 Å². The van der Waals surface area contributed by atoms with Gasteiger partial charge in [-0.15, -0.1) is 0 Å². The second-order valence-electron chi connectivity index (χ2n) is 5.47. The Balaban J connectivity index is 1.67. The fourth-order valence-electron chi connectivity index (χ4n) is 2.81. The molecule has 0 radical (unpaired) electrons. The van der Waals surface area contributed by atoms with E-state index in [1.807, 2.05) is 18.2 Å². The minimum atomic E-state index is 0.170. The zero-order chi connectivity index (χ0) is 13.8. The van der Waals surface area contributed by atoms with E-state index in [0.29, 0.717) is 25.5 Å². The number of hydrogen-bond acceptors (Lipinski definition) is 4. The predicted octanol–water partition coefficient (Wildman–Crippen LogP) is 2.52. The van der Waals surface area contributed by atoms with Crippen LogP contribution in [0, 0.1) is 0 Å². The Bertz CT molecular complexity index is 479. The quantitative estimate of drug-likeness (QED) is 0.795. The van der Waals surface area contributed by atoms with Crippen molar-refractivity contribution < 1.29 is 14.3 Å². The molecule has 2 aliphatic rings.